The largest absolute Gasteiger partial charge is 0.493 e. The number of aryl methyl sites for hydroxylation is 1. The predicted molar refractivity (Wildman–Crippen MR) is 95.4 cm³/mol. The van der Waals surface area contributed by atoms with Gasteiger partial charge in [0.1, 0.15) is 11.5 Å². The third-order valence-corrected chi connectivity index (χ3v) is 4.24. The molecule has 2 aromatic carbocycles. The molecule has 3 aromatic rings. The molecule has 0 fully saturated rings. The average Bonchev–Trinajstić information content (AvgIpc) is 3.02. The Morgan fingerprint density at radius 2 is 1.50 bits per heavy atom. The zero-order valence-electron chi connectivity index (χ0n) is 13.9. The summed E-state index contributed by atoms with van der Waals surface area (Å²) >= 11 is 6.04. The first kappa shape index (κ1) is 16.5. The van der Waals surface area contributed by atoms with E-state index in [4.69, 9.17) is 25.5 Å². The number of rotatable bonds is 5. The molecule has 0 aliphatic rings. The van der Waals surface area contributed by atoms with Crippen LogP contribution >= 0.6 is 11.6 Å². The topological polar surface area (TPSA) is 31.6 Å². The molecule has 0 spiro atoms. The molecule has 0 radical (unpaired) electrons. The summed E-state index contributed by atoms with van der Waals surface area (Å²) < 4.78 is 16.7. The van der Waals surface area contributed by atoms with Crippen LogP contribution in [0.3, 0.4) is 0 Å². The zero-order valence-corrected chi connectivity index (χ0v) is 14.6. The lowest BCUT2D eigenvalue weighted by atomic mass is 9.89. The SMILES string of the molecule is COc1ccc([C@H](c2ccc(Cl)cc2)c2ccc(C)o2)cc1OC. The molecule has 0 aliphatic carbocycles. The molecule has 0 N–H and O–H groups in total. The van der Waals surface area contributed by atoms with Crippen LogP contribution in [-0.2, 0) is 0 Å². The molecule has 0 saturated heterocycles. The Morgan fingerprint density at radius 3 is 2.08 bits per heavy atom. The Balaban J connectivity index is 2.12. The average molecular weight is 343 g/mol. The van der Waals surface area contributed by atoms with Crippen molar-refractivity contribution in [1.82, 2.24) is 0 Å². The van der Waals surface area contributed by atoms with Gasteiger partial charge in [-0.1, -0.05) is 29.8 Å². The van der Waals surface area contributed by atoms with Crippen molar-refractivity contribution in [3.63, 3.8) is 0 Å². The van der Waals surface area contributed by atoms with E-state index in [0.29, 0.717) is 16.5 Å². The summed E-state index contributed by atoms with van der Waals surface area (Å²) in [5, 5.41) is 0.709. The van der Waals surface area contributed by atoms with Gasteiger partial charge >= 0.3 is 0 Å². The van der Waals surface area contributed by atoms with Crippen LogP contribution in [0, 0.1) is 6.92 Å². The number of hydrogen-bond acceptors (Lipinski definition) is 3. The van der Waals surface area contributed by atoms with Crippen LogP contribution in [-0.4, -0.2) is 14.2 Å². The Morgan fingerprint density at radius 1 is 0.833 bits per heavy atom. The summed E-state index contributed by atoms with van der Waals surface area (Å²) in [6.45, 7) is 1.94. The summed E-state index contributed by atoms with van der Waals surface area (Å²) in [5.41, 5.74) is 2.16. The van der Waals surface area contributed by atoms with E-state index >= 15 is 0 Å². The van der Waals surface area contributed by atoms with Crippen molar-refractivity contribution >= 4 is 11.6 Å². The molecule has 0 bridgehead atoms. The van der Waals surface area contributed by atoms with E-state index in [2.05, 4.69) is 0 Å². The van der Waals surface area contributed by atoms with E-state index in [1.54, 1.807) is 14.2 Å². The maximum atomic E-state index is 6.04. The highest BCUT2D eigenvalue weighted by Crippen LogP contribution is 2.37. The van der Waals surface area contributed by atoms with Gasteiger partial charge < -0.3 is 13.9 Å². The Bertz CT molecular complexity index is 821. The molecule has 3 rings (SSSR count). The fraction of sp³-hybridized carbons (Fsp3) is 0.200. The first-order chi connectivity index (χ1) is 11.6. The van der Waals surface area contributed by atoms with Crippen LogP contribution in [0.15, 0.2) is 59.0 Å². The molecule has 0 saturated carbocycles. The number of hydrogen-bond donors (Lipinski definition) is 0. The lowest BCUT2D eigenvalue weighted by Gasteiger charge is -2.18. The van der Waals surface area contributed by atoms with Crippen LogP contribution in [0.25, 0.3) is 0 Å². The highest BCUT2D eigenvalue weighted by molar-refractivity contribution is 6.30. The number of methoxy groups -OCH3 is 2. The maximum absolute atomic E-state index is 6.04. The summed E-state index contributed by atoms with van der Waals surface area (Å²) in [4.78, 5) is 0. The van der Waals surface area contributed by atoms with Crippen molar-refractivity contribution in [2.24, 2.45) is 0 Å². The van der Waals surface area contributed by atoms with Crippen molar-refractivity contribution in [2.75, 3.05) is 14.2 Å². The zero-order chi connectivity index (χ0) is 17.1. The summed E-state index contributed by atoms with van der Waals surface area (Å²) in [6.07, 6.45) is 0. The second kappa shape index (κ2) is 7.02. The number of halogens is 1. The molecule has 124 valence electrons. The van der Waals surface area contributed by atoms with Crippen LogP contribution in [0.5, 0.6) is 11.5 Å². The van der Waals surface area contributed by atoms with Crippen LogP contribution < -0.4 is 9.47 Å². The van der Waals surface area contributed by atoms with E-state index in [1.807, 2.05) is 61.5 Å². The van der Waals surface area contributed by atoms with Gasteiger partial charge in [0, 0.05) is 5.02 Å². The van der Waals surface area contributed by atoms with Crippen molar-refractivity contribution in [2.45, 2.75) is 12.8 Å². The van der Waals surface area contributed by atoms with Crippen molar-refractivity contribution < 1.29 is 13.9 Å². The van der Waals surface area contributed by atoms with Gasteiger partial charge in [0.05, 0.1) is 20.1 Å². The predicted octanol–water partition coefficient (Wildman–Crippen LogP) is 5.44. The van der Waals surface area contributed by atoms with Gasteiger partial charge in [-0.2, -0.15) is 0 Å². The first-order valence-corrected chi connectivity index (χ1v) is 8.04. The van der Waals surface area contributed by atoms with Gasteiger partial charge in [-0.3, -0.25) is 0 Å². The Hall–Kier alpha value is -2.39. The smallest absolute Gasteiger partial charge is 0.161 e. The fourth-order valence-electron chi connectivity index (χ4n) is 2.82. The third kappa shape index (κ3) is 3.26. The van der Waals surface area contributed by atoms with Gasteiger partial charge in [0.15, 0.2) is 11.5 Å². The van der Waals surface area contributed by atoms with Crippen LogP contribution in [0.4, 0.5) is 0 Å². The second-order valence-electron chi connectivity index (χ2n) is 5.55. The van der Waals surface area contributed by atoms with Gasteiger partial charge in [-0.05, 0) is 54.4 Å². The Labute approximate surface area is 146 Å². The highest BCUT2D eigenvalue weighted by atomic mass is 35.5. The monoisotopic (exact) mass is 342 g/mol. The van der Waals surface area contributed by atoms with E-state index in [0.717, 1.165) is 22.6 Å². The molecule has 4 heteroatoms. The highest BCUT2D eigenvalue weighted by Gasteiger charge is 2.21. The molecule has 0 unspecified atom stereocenters. The summed E-state index contributed by atoms with van der Waals surface area (Å²) in [7, 11) is 3.26. The lowest BCUT2D eigenvalue weighted by molar-refractivity contribution is 0.354. The minimum absolute atomic E-state index is 0.0456. The van der Waals surface area contributed by atoms with E-state index in [-0.39, 0.29) is 5.92 Å². The van der Waals surface area contributed by atoms with Crippen molar-refractivity contribution in [1.29, 1.82) is 0 Å². The lowest BCUT2D eigenvalue weighted by Crippen LogP contribution is -2.03. The summed E-state index contributed by atoms with van der Waals surface area (Å²) in [5.74, 6) is 3.10. The third-order valence-electron chi connectivity index (χ3n) is 3.99. The second-order valence-corrected chi connectivity index (χ2v) is 5.98. The quantitative estimate of drug-likeness (QED) is 0.618. The van der Waals surface area contributed by atoms with Crippen LogP contribution in [0.2, 0.25) is 5.02 Å². The number of furan rings is 1. The number of benzene rings is 2. The molecule has 1 heterocycles. The van der Waals surface area contributed by atoms with Gasteiger partial charge in [0.2, 0.25) is 0 Å². The van der Waals surface area contributed by atoms with Crippen molar-refractivity contribution in [3.05, 3.63) is 82.3 Å². The van der Waals surface area contributed by atoms with Gasteiger partial charge in [-0.25, -0.2) is 0 Å². The molecule has 0 amide bonds. The molecule has 24 heavy (non-hydrogen) atoms. The molecule has 0 aliphatic heterocycles. The minimum Gasteiger partial charge on any atom is -0.493 e. The van der Waals surface area contributed by atoms with Crippen molar-refractivity contribution in [3.8, 4) is 11.5 Å². The van der Waals surface area contributed by atoms with E-state index < -0.39 is 0 Å². The fourth-order valence-corrected chi connectivity index (χ4v) is 2.94. The molecular weight excluding hydrogens is 324 g/mol. The first-order valence-electron chi connectivity index (χ1n) is 7.66. The molecule has 3 nitrogen and oxygen atoms in total. The number of ether oxygens (including phenoxy) is 2. The Kier molecular flexibility index (Phi) is 4.81. The molecule has 1 atom stereocenters. The summed E-state index contributed by atoms with van der Waals surface area (Å²) in [6, 6.07) is 17.7. The normalized spacial score (nSPS) is 12.0. The van der Waals surface area contributed by atoms with Crippen LogP contribution in [0.1, 0.15) is 28.6 Å². The maximum Gasteiger partial charge on any atom is 0.161 e. The molecular formula is C20H19ClO3. The van der Waals surface area contributed by atoms with E-state index in [9.17, 15) is 0 Å². The molecule has 1 aromatic heterocycles. The minimum atomic E-state index is -0.0456. The van der Waals surface area contributed by atoms with E-state index in [1.165, 1.54) is 0 Å². The standard InChI is InChI=1S/C20H19ClO3/c1-13-4-10-18(24-13)20(14-5-8-16(21)9-6-14)15-7-11-17(22-2)19(12-15)23-3/h4-12,20H,1-3H3/t20-/m0/s1. The van der Waals surface area contributed by atoms with Gasteiger partial charge in [-0.15, -0.1) is 0 Å². The van der Waals surface area contributed by atoms with Gasteiger partial charge in [0.25, 0.3) is 0 Å².